The summed E-state index contributed by atoms with van der Waals surface area (Å²) in [4.78, 5) is 25.2. The summed E-state index contributed by atoms with van der Waals surface area (Å²) in [6.45, 7) is 4.84. The number of carbonyl (C=O) groups excluding carboxylic acids is 1. The third-order valence-corrected chi connectivity index (χ3v) is 7.16. The van der Waals surface area contributed by atoms with Crippen LogP contribution in [0.15, 0.2) is 36.4 Å². The topological polar surface area (TPSA) is 82.5 Å². The van der Waals surface area contributed by atoms with Gasteiger partial charge < -0.3 is 15.3 Å². The number of anilines is 1. The molecule has 2 heterocycles. The first-order chi connectivity index (χ1) is 14.4. The van der Waals surface area contributed by atoms with Gasteiger partial charge in [0.15, 0.2) is 5.81 Å². The molecule has 1 aliphatic carbocycles. The molecule has 1 aromatic carbocycles. The minimum Gasteiger partial charge on any atom is -0.481 e. The number of carbonyl (C=O) groups is 2. The first-order valence-electron chi connectivity index (χ1n) is 10.2. The van der Waals surface area contributed by atoms with Gasteiger partial charge in [-0.3, -0.25) is 9.59 Å². The van der Waals surface area contributed by atoms with Crippen molar-refractivity contribution in [3.63, 3.8) is 0 Å². The van der Waals surface area contributed by atoms with E-state index in [1.165, 1.54) is 11.1 Å². The molecule has 3 atom stereocenters. The summed E-state index contributed by atoms with van der Waals surface area (Å²) in [5.74, 6) is -1.85. The van der Waals surface area contributed by atoms with Gasteiger partial charge in [-0.15, -0.1) is 0 Å². The van der Waals surface area contributed by atoms with Gasteiger partial charge in [0.2, 0.25) is 7.85 Å². The van der Waals surface area contributed by atoms with Gasteiger partial charge >= 0.3 is 5.97 Å². The van der Waals surface area contributed by atoms with Crippen LogP contribution in [0.4, 0.5) is 9.80 Å². The number of fused-ring (bicyclic) bond motifs is 2. The second-order valence-electron chi connectivity index (χ2n) is 8.20. The first-order valence-corrected chi connectivity index (χ1v) is 10.9. The van der Waals surface area contributed by atoms with Crippen molar-refractivity contribution in [2.24, 2.45) is 5.92 Å². The van der Waals surface area contributed by atoms with Gasteiger partial charge in [-0.25, -0.2) is 0 Å². The Labute approximate surface area is 181 Å². The van der Waals surface area contributed by atoms with Crippen molar-refractivity contribution in [2.75, 3.05) is 25.0 Å². The molecule has 0 bridgehead atoms. The van der Waals surface area contributed by atoms with Gasteiger partial charge in [0.25, 0.3) is 0 Å². The third kappa shape index (κ3) is 3.94. The molecular formula is C22H24BN3O3S. The number of amides is 1. The van der Waals surface area contributed by atoms with E-state index in [1.807, 2.05) is 0 Å². The molecule has 154 valence electrons. The van der Waals surface area contributed by atoms with E-state index in [4.69, 9.17) is 7.85 Å². The lowest BCUT2D eigenvalue weighted by Gasteiger charge is -2.44. The zero-order chi connectivity index (χ0) is 21.3. The van der Waals surface area contributed by atoms with Crippen LogP contribution >= 0.6 is 11.5 Å². The van der Waals surface area contributed by atoms with E-state index in [2.05, 4.69) is 57.9 Å². The molecule has 2 radical (unpaired) electrons. The van der Waals surface area contributed by atoms with E-state index in [-0.39, 0.29) is 5.41 Å². The van der Waals surface area contributed by atoms with Crippen LogP contribution in [0.1, 0.15) is 42.5 Å². The standard InChI is InChI=1S/C22H24BN3O3S/c1-14-13-26(11-9-22(14)8-6-15-4-2-3-5-17(15)22)10-7-16(20(27)28)18-12-19(30-25-18)24-21(23)29/h2-6,8,12,14,16H,7,9-11,13H2,1H3,(H,24,29)(H,27,28)/t14-,16?,22-/m0/s1. The van der Waals surface area contributed by atoms with Crippen LogP contribution in [-0.2, 0) is 10.2 Å². The summed E-state index contributed by atoms with van der Waals surface area (Å²) in [6.07, 6.45) is 6.11. The van der Waals surface area contributed by atoms with E-state index < -0.39 is 17.7 Å². The van der Waals surface area contributed by atoms with Crippen molar-refractivity contribution < 1.29 is 14.7 Å². The molecule has 8 heteroatoms. The molecule has 1 aliphatic heterocycles. The fourth-order valence-corrected chi connectivity index (χ4v) is 5.52. The van der Waals surface area contributed by atoms with E-state index in [1.54, 1.807) is 6.07 Å². The molecule has 6 nitrogen and oxygen atoms in total. The number of hydrogen-bond donors (Lipinski definition) is 2. The zero-order valence-electron chi connectivity index (χ0n) is 16.9. The molecule has 2 aliphatic rings. The van der Waals surface area contributed by atoms with Crippen molar-refractivity contribution in [3.8, 4) is 0 Å². The molecule has 1 aromatic heterocycles. The van der Waals surface area contributed by atoms with Gasteiger partial charge in [-0.2, -0.15) is 4.37 Å². The molecule has 1 unspecified atom stereocenters. The molecule has 1 amide bonds. The van der Waals surface area contributed by atoms with E-state index in [0.717, 1.165) is 31.0 Å². The number of likely N-dealkylation sites (tertiary alicyclic amines) is 1. The maximum atomic E-state index is 11.8. The quantitative estimate of drug-likeness (QED) is 0.695. The Morgan fingerprint density at radius 1 is 1.43 bits per heavy atom. The lowest BCUT2D eigenvalue weighted by atomic mass is 9.68. The summed E-state index contributed by atoms with van der Waals surface area (Å²) in [5.41, 5.74) is 3.28. The number of piperidine rings is 1. The summed E-state index contributed by atoms with van der Waals surface area (Å²) in [6, 6.07) is 10.2. The van der Waals surface area contributed by atoms with Crippen molar-refractivity contribution in [1.82, 2.24) is 9.27 Å². The average molecular weight is 421 g/mol. The number of rotatable bonds is 6. The Morgan fingerprint density at radius 3 is 2.97 bits per heavy atom. The Balaban J connectivity index is 1.40. The Morgan fingerprint density at radius 2 is 2.23 bits per heavy atom. The average Bonchev–Trinajstić information content (AvgIpc) is 3.30. The second-order valence-corrected chi connectivity index (χ2v) is 9.00. The highest BCUT2D eigenvalue weighted by Gasteiger charge is 2.43. The summed E-state index contributed by atoms with van der Waals surface area (Å²) in [7, 11) is 5.12. The van der Waals surface area contributed by atoms with Crippen molar-refractivity contribution in [1.29, 1.82) is 0 Å². The van der Waals surface area contributed by atoms with Gasteiger partial charge in [0.05, 0.1) is 5.69 Å². The fourth-order valence-electron chi connectivity index (χ4n) is 4.82. The fraction of sp³-hybridized carbons (Fsp3) is 0.409. The largest absolute Gasteiger partial charge is 0.481 e. The zero-order valence-corrected chi connectivity index (χ0v) is 17.7. The first kappa shape index (κ1) is 20.8. The van der Waals surface area contributed by atoms with Crippen LogP contribution in [0.5, 0.6) is 0 Å². The van der Waals surface area contributed by atoms with Crippen LogP contribution in [0.3, 0.4) is 0 Å². The maximum absolute atomic E-state index is 11.8. The molecular weight excluding hydrogens is 397 g/mol. The molecule has 4 rings (SSSR count). The Bertz CT molecular complexity index is 992. The molecule has 0 saturated carbocycles. The molecule has 1 fully saturated rings. The van der Waals surface area contributed by atoms with Crippen LogP contribution in [0.25, 0.3) is 6.08 Å². The van der Waals surface area contributed by atoms with Gasteiger partial charge in [-0.05, 0) is 60.6 Å². The summed E-state index contributed by atoms with van der Waals surface area (Å²) < 4.78 is 4.22. The molecule has 2 N–H and O–H groups in total. The minimum atomic E-state index is -0.903. The molecule has 2 aromatic rings. The smallest absolute Gasteiger partial charge is 0.312 e. The van der Waals surface area contributed by atoms with E-state index >= 15 is 0 Å². The molecule has 30 heavy (non-hydrogen) atoms. The number of allylic oxidation sites excluding steroid dienone is 1. The van der Waals surface area contributed by atoms with Gasteiger partial charge in [0.1, 0.15) is 10.9 Å². The number of aromatic nitrogens is 1. The number of benzene rings is 1. The normalized spacial score (nSPS) is 24.0. The lowest BCUT2D eigenvalue weighted by Crippen LogP contribution is -2.47. The van der Waals surface area contributed by atoms with E-state index in [0.29, 0.717) is 29.6 Å². The minimum absolute atomic E-state index is 0.0868. The predicted octanol–water partition coefficient (Wildman–Crippen LogP) is 3.71. The van der Waals surface area contributed by atoms with Crippen molar-refractivity contribution >= 4 is 42.2 Å². The van der Waals surface area contributed by atoms with Crippen LogP contribution in [0, 0.1) is 5.92 Å². The SMILES string of the molecule is [B]C(=O)Nc1cc(C(CCN2CC[C@@]3(C=Cc4ccccc43)[C@@H](C)C2)C(=O)O)ns1. The van der Waals surface area contributed by atoms with Crippen molar-refractivity contribution in [2.45, 2.75) is 31.1 Å². The maximum Gasteiger partial charge on any atom is 0.312 e. The Hall–Kier alpha value is -2.45. The number of nitrogens with zero attached hydrogens (tertiary/aromatic N) is 2. The number of hydrogen-bond acceptors (Lipinski definition) is 5. The lowest BCUT2D eigenvalue weighted by molar-refractivity contribution is -0.139. The monoisotopic (exact) mass is 421 g/mol. The number of aliphatic carboxylic acids is 1. The third-order valence-electron chi connectivity index (χ3n) is 6.44. The van der Waals surface area contributed by atoms with Gasteiger partial charge in [0, 0.05) is 12.0 Å². The predicted molar refractivity (Wildman–Crippen MR) is 119 cm³/mol. The van der Waals surface area contributed by atoms with Gasteiger partial charge in [-0.1, -0.05) is 43.3 Å². The summed E-state index contributed by atoms with van der Waals surface area (Å²) >= 11 is 1.05. The van der Waals surface area contributed by atoms with Crippen molar-refractivity contribution in [3.05, 3.63) is 53.2 Å². The van der Waals surface area contributed by atoms with Crippen LogP contribution < -0.4 is 5.32 Å². The Kier molecular flexibility index (Phi) is 5.80. The molecule has 1 saturated heterocycles. The highest BCUT2D eigenvalue weighted by atomic mass is 32.1. The summed E-state index contributed by atoms with van der Waals surface area (Å²) in [5, 5.41) is 12.6. The second kappa shape index (κ2) is 8.36. The van der Waals surface area contributed by atoms with E-state index in [9.17, 15) is 14.7 Å². The highest BCUT2D eigenvalue weighted by molar-refractivity contribution is 7.10. The number of carboxylic acid groups (broad SMARTS) is 1. The number of nitrogens with one attached hydrogen (secondary N) is 1. The highest BCUT2D eigenvalue weighted by Crippen LogP contribution is 2.46. The van der Waals surface area contributed by atoms with Crippen LogP contribution in [0.2, 0.25) is 0 Å². The number of carboxylic acids is 1. The van der Waals surface area contributed by atoms with Crippen LogP contribution in [-0.4, -0.2) is 53.6 Å². The molecule has 1 spiro atoms.